The van der Waals surface area contributed by atoms with E-state index in [0.29, 0.717) is 18.7 Å². The Balaban J connectivity index is 3.94. The SMILES string of the molecule is CCNCC(COC)OCCN(C(C)C)C(C)C. The van der Waals surface area contributed by atoms with Gasteiger partial charge in [-0.25, -0.2) is 0 Å². The summed E-state index contributed by atoms with van der Waals surface area (Å²) in [6.07, 6.45) is 0.149. The van der Waals surface area contributed by atoms with Gasteiger partial charge < -0.3 is 14.8 Å². The van der Waals surface area contributed by atoms with E-state index in [9.17, 15) is 0 Å². The van der Waals surface area contributed by atoms with Gasteiger partial charge in [0.05, 0.1) is 19.3 Å². The topological polar surface area (TPSA) is 33.7 Å². The van der Waals surface area contributed by atoms with Crippen molar-refractivity contribution in [3.63, 3.8) is 0 Å². The van der Waals surface area contributed by atoms with Crippen LogP contribution in [0.5, 0.6) is 0 Å². The maximum Gasteiger partial charge on any atom is 0.0932 e. The van der Waals surface area contributed by atoms with E-state index in [4.69, 9.17) is 9.47 Å². The monoisotopic (exact) mass is 260 g/mol. The molecule has 0 fully saturated rings. The zero-order chi connectivity index (χ0) is 14.0. The molecular weight excluding hydrogens is 228 g/mol. The van der Waals surface area contributed by atoms with E-state index < -0.39 is 0 Å². The van der Waals surface area contributed by atoms with Gasteiger partial charge in [0.2, 0.25) is 0 Å². The van der Waals surface area contributed by atoms with E-state index >= 15 is 0 Å². The van der Waals surface area contributed by atoms with Crippen LogP contribution >= 0.6 is 0 Å². The summed E-state index contributed by atoms with van der Waals surface area (Å²) >= 11 is 0. The summed E-state index contributed by atoms with van der Waals surface area (Å²) in [7, 11) is 1.72. The molecule has 0 aromatic heterocycles. The van der Waals surface area contributed by atoms with Crippen LogP contribution < -0.4 is 5.32 Å². The molecule has 0 aromatic rings. The second-order valence-corrected chi connectivity index (χ2v) is 5.18. The molecule has 0 aromatic carbocycles. The highest BCUT2D eigenvalue weighted by atomic mass is 16.5. The molecule has 1 N–H and O–H groups in total. The van der Waals surface area contributed by atoms with Gasteiger partial charge in [0, 0.05) is 32.3 Å². The van der Waals surface area contributed by atoms with Gasteiger partial charge in [-0.15, -0.1) is 0 Å². The van der Waals surface area contributed by atoms with Crippen LogP contribution in [0.2, 0.25) is 0 Å². The Labute approximate surface area is 113 Å². The number of ether oxygens (including phenoxy) is 2. The molecule has 1 atom stereocenters. The molecule has 4 heteroatoms. The van der Waals surface area contributed by atoms with Gasteiger partial charge >= 0.3 is 0 Å². The molecule has 18 heavy (non-hydrogen) atoms. The fourth-order valence-corrected chi connectivity index (χ4v) is 2.09. The minimum Gasteiger partial charge on any atom is -0.382 e. The van der Waals surface area contributed by atoms with Gasteiger partial charge in [-0.2, -0.15) is 0 Å². The average Bonchev–Trinajstić information content (AvgIpc) is 2.30. The second kappa shape index (κ2) is 10.7. The molecule has 4 nitrogen and oxygen atoms in total. The minimum atomic E-state index is 0.149. The van der Waals surface area contributed by atoms with E-state index in [1.165, 1.54) is 0 Å². The third-order valence-corrected chi connectivity index (χ3v) is 3.00. The molecule has 0 heterocycles. The van der Waals surface area contributed by atoms with Gasteiger partial charge in [0.1, 0.15) is 0 Å². The molecule has 0 saturated heterocycles. The highest BCUT2D eigenvalue weighted by Crippen LogP contribution is 2.04. The molecule has 0 radical (unpaired) electrons. The van der Waals surface area contributed by atoms with Crippen molar-refractivity contribution in [3.8, 4) is 0 Å². The summed E-state index contributed by atoms with van der Waals surface area (Å²) in [5, 5.41) is 3.30. The largest absolute Gasteiger partial charge is 0.382 e. The lowest BCUT2D eigenvalue weighted by Gasteiger charge is -2.31. The number of hydrogen-bond acceptors (Lipinski definition) is 4. The molecule has 0 rings (SSSR count). The normalized spacial score (nSPS) is 13.8. The Morgan fingerprint density at radius 3 is 2.17 bits per heavy atom. The molecule has 0 bridgehead atoms. The van der Waals surface area contributed by atoms with Crippen molar-refractivity contribution in [2.45, 2.75) is 52.8 Å². The summed E-state index contributed by atoms with van der Waals surface area (Å²) in [4.78, 5) is 2.44. The molecule has 0 aliphatic carbocycles. The fourth-order valence-electron chi connectivity index (χ4n) is 2.09. The summed E-state index contributed by atoms with van der Waals surface area (Å²) in [6, 6.07) is 1.12. The predicted octanol–water partition coefficient (Wildman–Crippen LogP) is 1.75. The van der Waals surface area contributed by atoms with Crippen LogP contribution in [-0.4, -0.2) is 63.0 Å². The number of hydrogen-bond donors (Lipinski definition) is 1. The lowest BCUT2D eigenvalue weighted by atomic mass is 10.2. The highest BCUT2D eigenvalue weighted by molar-refractivity contribution is 4.68. The van der Waals surface area contributed by atoms with Crippen LogP contribution in [-0.2, 0) is 9.47 Å². The molecule has 0 aliphatic heterocycles. The maximum atomic E-state index is 5.89. The van der Waals surface area contributed by atoms with Crippen molar-refractivity contribution >= 4 is 0 Å². The fraction of sp³-hybridized carbons (Fsp3) is 1.00. The van der Waals surface area contributed by atoms with Crippen LogP contribution in [0.3, 0.4) is 0 Å². The van der Waals surface area contributed by atoms with Crippen LogP contribution in [0.25, 0.3) is 0 Å². The molecular formula is C14H32N2O2. The molecule has 0 amide bonds. The first-order valence-corrected chi connectivity index (χ1v) is 7.09. The van der Waals surface area contributed by atoms with Crippen molar-refractivity contribution in [1.82, 2.24) is 10.2 Å². The quantitative estimate of drug-likeness (QED) is 0.613. The molecule has 1 unspecified atom stereocenters. The standard InChI is InChI=1S/C14H32N2O2/c1-7-15-10-14(11-17-6)18-9-8-16(12(2)3)13(4)5/h12-15H,7-11H2,1-6H3. The van der Waals surface area contributed by atoms with Crippen molar-refractivity contribution < 1.29 is 9.47 Å². The smallest absolute Gasteiger partial charge is 0.0932 e. The van der Waals surface area contributed by atoms with Gasteiger partial charge in [-0.05, 0) is 34.2 Å². The highest BCUT2D eigenvalue weighted by Gasteiger charge is 2.14. The van der Waals surface area contributed by atoms with Crippen LogP contribution in [0, 0.1) is 0 Å². The van der Waals surface area contributed by atoms with Gasteiger partial charge in [-0.1, -0.05) is 6.92 Å². The average molecular weight is 260 g/mol. The van der Waals surface area contributed by atoms with Crippen molar-refractivity contribution in [1.29, 1.82) is 0 Å². The second-order valence-electron chi connectivity index (χ2n) is 5.18. The summed E-state index contributed by atoms with van der Waals surface area (Å²) in [6.45, 7) is 15.2. The van der Waals surface area contributed by atoms with Crippen LogP contribution in [0.15, 0.2) is 0 Å². The number of rotatable bonds is 11. The Morgan fingerprint density at radius 2 is 1.72 bits per heavy atom. The van der Waals surface area contributed by atoms with E-state index in [1.54, 1.807) is 7.11 Å². The molecule has 110 valence electrons. The first kappa shape index (κ1) is 17.8. The number of likely N-dealkylation sites (N-methyl/N-ethyl adjacent to an activating group) is 1. The molecule has 0 saturated carbocycles. The van der Waals surface area contributed by atoms with E-state index in [0.717, 1.165) is 26.2 Å². The first-order valence-electron chi connectivity index (χ1n) is 7.09. The zero-order valence-electron chi connectivity index (χ0n) is 13.0. The third kappa shape index (κ3) is 8.03. The molecule has 0 aliphatic rings. The molecule has 0 spiro atoms. The van der Waals surface area contributed by atoms with Gasteiger partial charge in [0.25, 0.3) is 0 Å². The summed E-state index contributed by atoms with van der Waals surface area (Å²) in [5.41, 5.74) is 0. The van der Waals surface area contributed by atoms with Crippen LogP contribution in [0.1, 0.15) is 34.6 Å². The Bertz CT molecular complexity index is 179. The Morgan fingerprint density at radius 1 is 1.11 bits per heavy atom. The lowest BCUT2D eigenvalue weighted by molar-refractivity contribution is -0.0145. The Hall–Kier alpha value is -0.160. The van der Waals surface area contributed by atoms with Gasteiger partial charge in [-0.3, -0.25) is 4.90 Å². The number of nitrogens with zero attached hydrogens (tertiary/aromatic N) is 1. The van der Waals surface area contributed by atoms with Crippen molar-refractivity contribution in [2.24, 2.45) is 0 Å². The maximum absolute atomic E-state index is 5.89. The van der Waals surface area contributed by atoms with Gasteiger partial charge in [0.15, 0.2) is 0 Å². The van der Waals surface area contributed by atoms with Crippen molar-refractivity contribution in [3.05, 3.63) is 0 Å². The van der Waals surface area contributed by atoms with E-state index in [2.05, 4.69) is 44.8 Å². The van der Waals surface area contributed by atoms with Crippen molar-refractivity contribution in [2.75, 3.05) is 40.0 Å². The van der Waals surface area contributed by atoms with E-state index in [1.807, 2.05) is 0 Å². The number of methoxy groups -OCH3 is 1. The van der Waals surface area contributed by atoms with E-state index in [-0.39, 0.29) is 6.10 Å². The van der Waals surface area contributed by atoms with Crippen LogP contribution in [0.4, 0.5) is 0 Å². The number of nitrogens with one attached hydrogen (secondary N) is 1. The predicted molar refractivity (Wildman–Crippen MR) is 77.1 cm³/mol. The first-order chi connectivity index (χ1) is 8.52. The zero-order valence-corrected chi connectivity index (χ0v) is 13.0. The lowest BCUT2D eigenvalue weighted by Crippen LogP contribution is -2.41. The Kier molecular flexibility index (Phi) is 10.6. The summed E-state index contributed by atoms with van der Waals surface area (Å²) < 4.78 is 11.1. The third-order valence-electron chi connectivity index (χ3n) is 3.00. The minimum absolute atomic E-state index is 0.149. The summed E-state index contributed by atoms with van der Waals surface area (Å²) in [5.74, 6) is 0.